The molecule has 0 aliphatic carbocycles. The van der Waals surface area contributed by atoms with Gasteiger partial charge in [-0.1, -0.05) is 29.8 Å². The highest BCUT2D eigenvalue weighted by Gasteiger charge is 2.18. The molecular weight excluding hydrogens is 334 g/mol. The third-order valence-corrected chi connectivity index (χ3v) is 4.48. The van der Waals surface area contributed by atoms with Crippen LogP contribution in [0.5, 0.6) is 0 Å². The molecule has 1 aromatic heterocycles. The molecule has 7 heteroatoms. The third-order valence-electron chi connectivity index (χ3n) is 3.24. The first kappa shape index (κ1) is 17.3. The second-order valence-corrected chi connectivity index (χ2v) is 6.42. The largest absolute Gasteiger partial charge is 0.356 e. The van der Waals surface area contributed by atoms with E-state index in [0.717, 1.165) is 16.9 Å². The molecule has 5 nitrogen and oxygen atoms in total. The molecule has 4 N–H and O–H groups in total. The maximum absolute atomic E-state index is 12.1. The SMILES string of the molecule is NC(=O)N[C@H](CC(=O)NCCc1ccc(Cl)cc1)c1cccs1. The molecule has 0 spiro atoms. The molecule has 0 saturated carbocycles. The van der Waals surface area contributed by atoms with E-state index in [1.807, 2.05) is 41.8 Å². The van der Waals surface area contributed by atoms with Crippen molar-refractivity contribution < 1.29 is 9.59 Å². The molecule has 122 valence electrons. The summed E-state index contributed by atoms with van der Waals surface area (Å²) >= 11 is 7.30. The lowest BCUT2D eigenvalue weighted by atomic mass is 10.1. The van der Waals surface area contributed by atoms with Gasteiger partial charge in [-0.05, 0) is 35.6 Å². The molecule has 0 fully saturated rings. The number of carbonyl (C=O) groups excluding carboxylic acids is 2. The number of carbonyl (C=O) groups is 2. The van der Waals surface area contributed by atoms with E-state index in [1.54, 1.807) is 0 Å². The fraction of sp³-hybridized carbons (Fsp3) is 0.250. The van der Waals surface area contributed by atoms with E-state index in [-0.39, 0.29) is 12.3 Å². The van der Waals surface area contributed by atoms with Gasteiger partial charge in [0.05, 0.1) is 12.5 Å². The molecule has 2 aromatic rings. The van der Waals surface area contributed by atoms with E-state index in [1.165, 1.54) is 11.3 Å². The van der Waals surface area contributed by atoms with Crippen molar-refractivity contribution in [2.45, 2.75) is 18.9 Å². The molecule has 0 unspecified atom stereocenters. The van der Waals surface area contributed by atoms with Gasteiger partial charge in [0, 0.05) is 16.4 Å². The van der Waals surface area contributed by atoms with Crippen molar-refractivity contribution in [2.24, 2.45) is 5.73 Å². The zero-order valence-electron chi connectivity index (χ0n) is 12.4. The third kappa shape index (κ3) is 5.92. The number of thiophene rings is 1. The highest BCUT2D eigenvalue weighted by Crippen LogP contribution is 2.21. The molecule has 0 aliphatic rings. The summed E-state index contributed by atoms with van der Waals surface area (Å²) in [4.78, 5) is 24.0. The van der Waals surface area contributed by atoms with Crippen molar-refractivity contribution in [3.05, 3.63) is 57.2 Å². The predicted octanol–water partition coefficient (Wildman–Crippen LogP) is 2.86. The summed E-state index contributed by atoms with van der Waals surface area (Å²) in [5.74, 6) is -0.133. The van der Waals surface area contributed by atoms with Crippen LogP contribution in [0.1, 0.15) is 22.9 Å². The Bertz CT molecular complexity index is 644. The summed E-state index contributed by atoms with van der Waals surface area (Å²) < 4.78 is 0. The lowest BCUT2D eigenvalue weighted by Gasteiger charge is -2.15. The van der Waals surface area contributed by atoms with Crippen LogP contribution in [-0.2, 0) is 11.2 Å². The number of hydrogen-bond acceptors (Lipinski definition) is 3. The highest BCUT2D eigenvalue weighted by molar-refractivity contribution is 7.10. The Morgan fingerprint density at radius 2 is 1.96 bits per heavy atom. The van der Waals surface area contributed by atoms with Gasteiger partial charge < -0.3 is 16.4 Å². The Hall–Kier alpha value is -2.05. The summed E-state index contributed by atoms with van der Waals surface area (Å²) in [5, 5.41) is 8.03. The number of rotatable bonds is 7. The summed E-state index contributed by atoms with van der Waals surface area (Å²) in [7, 11) is 0. The number of primary amides is 1. The van der Waals surface area contributed by atoms with Gasteiger partial charge in [0.25, 0.3) is 0 Å². The van der Waals surface area contributed by atoms with Crippen molar-refractivity contribution in [1.82, 2.24) is 10.6 Å². The fourth-order valence-corrected chi connectivity index (χ4v) is 3.04. The van der Waals surface area contributed by atoms with Crippen LogP contribution < -0.4 is 16.4 Å². The lowest BCUT2D eigenvalue weighted by Crippen LogP contribution is -2.36. The van der Waals surface area contributed by atoms with E-state index in [2.05, 4.69) is 10.6 Å². The second kappa shape index (κ2) is 8.55. The number of benzene rings is 1. The summed E-state index contributed by atoms with van der Waals surface area (Å²) in [6.45, 7) is 0.522. The normalized spacial score (nSPS) is 11.7. The number of halogens is 1. The Kier molecular flexibility index (Phi) is 6.43. The van der Waals surface area contributed by atoms with Gasteiger partial charge in [-0.3, -0.25) is 4.79 Å². The zero-order chi connectivity index (χ0) is 16.7. The molecule has 0 bridgehead atoms. The van der Waals surface area contributed by atoms with Crippen LogP contribution in [0.4, 0.5) is 4.79 Å². The average molecular weight is 352 g/mol. The molecule has 0 saturated heterocycles. The first-order valence-corrected chi connectivity index (χ1v) is 8.41. The molecule has 0 radical (unpaired) electrons. The van der Waals surface area contributed by atoms with Crippen LogP contribution in [0.3, 0.4) is 0 Å². The van der Waals surface area contributed by atoms with Crippen molar-refractivity contribution in [3.8, 4) is 0 Å². The molecule has 1 aromatic carbocycles. The molecule has 3 amide bonds. The second-order valence-electron chi connectivity index (χ2n) is 5.01. The van der Waals surface area contributed by atoms with Crippen LogP contribution in [0.25, 0.3) is 0 Å². The number of nitrogens with two attached hydrogens (primary N) is 1. The highest BCUT2D eigenvalue weighted by atomic mass is 35.5. The zero-order valence-corrected chi connectivity index (χ0v) is 14.0. The molecule has 1 atom stereocenters. The van der Waals surface area contributed by atoms with Crippen molar-refractivity contribution in [1.29, 1.82) is 0 Å². The first-order chi connectivity index (χ1) is 11.0. The maximum atomic E-state index is 12.1. The number of nitrogens with one attached hydrogen (secondary N) is 2. The Balaban J connectivity index is 1.82. The fourth-order valence-electron chi connectivity index (χ4n) is 2.14. The minimum absolute atomic E-state index is 0.133. The standard InChI is InChI=1S/C16H18ClN3O2S/c17-12-5-3-11(4-6-12)7-8-19-15(21)10-13(20-16(18)22)14-2-1-9-23-14/h1-6,9,13H,7-8,10H2,(H,19,21)(H3,18,20,22)/t13-/m1/s1. The monoisotopic (exact) mass is 351 g/mol. The Morgan fingerprint density at radius 3 is 2.57 bits per heavy atom. The number of amides is 3. The van der Waals surface area contributed by atoms with E-state index < -0.39 is 12.1 Å². The van der Waals surface area contributed by atoms with Crippen molar-refractivity contribution in [2.75, 3.05) is 6.54 Å². The number of hydrogen-bond donors (Lipinski definition) is 3. The summed E-state index contributed by atoms with van der Waals surface area (Å²) in [6, 6.07) is 10.2. The predicted molar refractivity (Wildman–Crippen MR) is 92.6 cm³/mol. The summed E-state index contributed by atoms with van der Waals surface area (Å²) in [6.07, 6.45) is 0.875. The van der Waals surface area contributed by atoms with Gasteiger partial charge >= 0.3 is 6.03 Å². The minimum Gasteiger partial charge on any atom is -0.356 e. The van der Waals surface area contributed by atoms with E-state index in [4.69, 9.17) is 17.3 Å². The van der Waals surface area contributed by atoms with Crippen LogP contribution in [0, 0.1) is 0 Å². The summed E-state index contributed by atoms with van der Waals surface area (Å²) in [5.41, 5.74) is 6.27. The van der Waals surface area contributed by atoms with Crippen molar-refractivity contribution in [3.63, 3.8) is 0 Å². The molecule has 1 heterocycles. The average Bonchev–Trinajstić information content (AvgIpc) is 3.02. The van der Waals surface area contributed by atoms with Crippen LogP contribution in [-0.4, -0.2) is 18.5 Å². The van der Waals surface area contributed by atoms with E-state index in [9.17, 15) is 9.59 Å². The van der Waals surface area contributed by atoms with Gasteiger partial charge in [-0.2, -0.15) is 0 Å². The van der Waals surface area contributed by atoms with Gasteiger partial charge in [-0.25, -0.2) is 4.79 Å². The van der Waals surface area contributed by atoms with Gasteiger partial charge in [0.1, 0.15) is 0 Å². The molecule has 2 rings (SSSR count). The lowest BCUT2D eigenvalue weighted by molar-refractivity contribution is -0.121. The van der Waals surface area contributed by atoms with Crippen LogP contribution in [0.15, 0.2) is 41.8 Å². The topological polar surface area (TPSA) is 84.2 Å². The van der Waals surface area contributed by atoms with Gasteiger partial charge in [0.15, 0.2) is 0 Å². The molecule has 0 aliphatic heterocycles. The smallest absolute Gasteiger partial charge is 0.312 e. The molecule has 23 heavy (non-hydrogen) atoms. The Morgan fingerprint density at radius 1 is 1.22 bits per heavy atom. The maximum Gasteiger partial charge on any atom is 0.312 e. The minimum atomic E-state index is -0.641. The van der Waals surface area contributed by atoms with Crippen LogP contribution >= 0.6 is 22.9 Å². The quantitative estimate of drug-likeness (QED) is 0.716. The van der Waals surface area contributed by atoms with Crippen molar-refractivity contribution >= 4 is 34.9 Å². The van der Waals surface area contributed by atoms with Gasteiger partial charge in [-0.15, -0.1) is 11.3 Å². The first-order valence-electron chi connectivity index (χ1n) is 7.15. The van der Waals surface area contributed by atoms with Gasteiger partial charge in [0.2, 0.25) is 5.91 Å². The number of urea groups is 1. The van der Waals surface area contributed by atoms with Crippen LogP contribution in [0.2, 0.25) is 5.02 Å². The molecular formula is C16H18ClN3O2S. The Labute approximate surface area is 143 Å². The van der Waals surface area contributed by atoms with E-state index >= 15 is 0 Å². The van der Waals surface area contributed by atoms with E-state index in [0.29, 0.717) is 11.6 Å².